The molecule has 0 saturated heterocycles. The van der Waals surface area contributed by atoms with Gasteiger partial charge in [0, 0.05) is 35.3 Å². The quantitative estimate of drug-likeness (QED) is 0.0898. The Morgan fingerprint density at radius 2 is 1.62 bits per heavy atom. The maximum absolute atomic E-state index is 15.8. The number of nitrogens with one attached hydrogen (secondary N) is 1. The van der Waals surface area contributed by atoms with Crippen LogP contribution in [0.5, 0.6) is 0 Å². The Kier molecular flexibility index (Phi) is 9.97. The second kappa shape index (κ2) is 13.8. The van der Waals surface area contributed by atoms with E-state index in [-0.39, 0.29) is 45.2 Å². The molecule has 0 spiro atoms. The van der Waals surface area contributed by atoms with Gasteiger partial charge in [-0.3, -0.25) is 23.7 Å². The van der Waals surface area contributed by atoms with Crippen LogP contribution >= 0.6 is 34.8 Å². The van der Waals surface area contributed by atoms with E-state index in [1.165, 1.54) is 30.5 Å². The van der Waals surface area contributed by atoms with Crippen molar-refractivity contribution in [2.75, 3.05) is 17.1 Å². The van der Waals surface area contributed by atoms with Gasteiger partial charge in [-0.25, -0.2) is 22.2 Å². The van der Waals surface area contributed by atoms with Gasteiger partial charge in [0.15, 0.2) is 5.82 Å². The van der Waals surface area contributed by atoms with Gasteiger partial charge in [0.1, 0.15) is 11.5 Å². The number of carbonyl (C=O) groups excluding carboxylic acids is 3. The molecule has 47 heavy (non-hydrogen) atoms. The average molecular weight is 721 g/mol. The largest absolute Gasteiger partial charge is 0.466 e. The Bertz CT molecular complexity index is 2150. The summed E-state index contributed by atoms with van der Waals surface area (Å²) in [6.07, 6.45) is 2.41. The first-order chi connectivity index (χ1) is 22.3. The molecule has 0 unspecified atom stereocenters. The molecule has 0 saturated carbocycles. The van der Waals surface area contributed by atoms with E-state index in [4.69, 9.17) is 39.5 Å². The number of esters is 1. The summed E-state index contributed by atoms with van der Waals surface area (Å²) in [5.74, 6) is -5.90. The molecule has 3 aromatic carbocycles. The van der Waals surface area contributed by atoms with Crippen LogP contribution in [0, 0.1) is 11.6 Å². The van der Waals surface area contributed by atoms with Crippen LogP contribution in [0.3, 0.4) is 0 Å². The minimum Gasteiger partial charge on any atom is -0.466 e. The summed E-state index contributed by atoms with van der Waals surface area (Å²) in [5.41, 5.74) is -1.11. The third-order valence-corrected chi connectivity index (χ3v) is 9.15. The number of carbonyl (C=O) groups is 3. The standard InChI is InChI=1S/C32H22Cl3F2N3O6S/c1-17(41)46-12-3-13-47(44,45)39-26-11-10-25(36)28(29(26)37)30(42)22-16-40(32(43)27-23(34)4-2-5-24(27)35)31-21(22)14-19(15-38-31)18-6-8-20(33)9-7-18/h2,4-11,14-16,39H,3,12-13H2,1H3. The molecule has 0 fully saturated rings. The molecule has 0 aliphatic rings. The normalized spacial score (nSPS) is 11.4. The van der Waals surface area contributed by atoms with E-state index in [0.717, 1.165) is 29.8 Å². The summed E-state index contributed by atoms with van der Waals surface area (Å²) >= 11 is 18.6. The van der Waals surface area contributed by atoms with Gasteiger partial charge in [0.2, 0.25) is 15.8 Å². The fraction of sp³-hybridized carbons (Fsp3) is 0.125. The SMILES string of the molecule is CC(=O)OCCCS(=O)(=O)Nc1ccc(F)c(C(=O)c2cn(C(=O)c3c(Cl)cccc3Cl)c3ncc(-c4ccc(Cl)cc4)cc23)c1F. The number of aromatic nitrogens is 2. The van der Waals surface area contributed by atoms with E-state index in [1.54, 1.807) is 24.3 Å². The van der Waals surface area contributed by atoms with E-state index in [1.807, 2.05) is 4.72 Å². The molecule has 0 atom stereocenters. The highest BCUT2D eigenvalue weighted by Gasteiger charge is 2.29. The first kappa shape index (κ1) is 34.0. The van der Waals surface area contributed by atoms with Crippen molar-refractivity contribution >= 4 is 79.2 Å². The summed E-state index contributed by atoms with van der Waals surface area (Å²) in [5, 5.41) is 0.548. The topological polar surface area (TPSA) is 124 Å². The van der Waals surface area contributed by atoms with E-state index in [2.05, 4.69) is 4.98 Å². The third-order valence-electron chi connectivity index (χ3n) is 6.91. The van der Waals surface area contributed by atoms with Gasteiger partial charge in [0.25, 0.3) is 5.91 Å². The number of ether oxygens (including phenoxy) is 1. The molecular weight excluding hydrogens is 699 g/mol. The average Bonchev–Trinajstić information content (AvgIpc) is 3.40. The third kappa shape index (κ3) is 7.31. The molecule has 0 aliphatic carbocycles. The molecule has 1 N–H and O–H groups in total. The molecule has 242 valence electrons. The second-order valence-corrected chi connectivity index (χ2v) is 13.2. The smallest absolute Gasteiger partial charge is 0.302 e. The number of hydrogen-bond donors (Lipinski definition) is 1. The van der Waals surface area contributed by atoms with Gasteiger partial charge in [-0.2, -0.15) is 0 Å². The zero-order valence-corrected chi connectivity index (χ0v) is 27.3. The predicted octanol–water partition coefficient (Wildman–Crippen LogP) is 7.56. The highest BCUT2D eigenvalue weighted by atomic mass is 35.5. The highest BCUT2D eigenvalue weighted by molar-refractivity contribution is 7.92. The highest BCUT2D eigenvalue weighted by Crippen LogP contribution is 2.33. The molecule has 2 aromatic heterocycles. The molecule has 0 amide bonds. The molecular formula is C32H22Cl3F2N3O6S. The van der Waals surface area contributed by atoms with Crippen molar-refractivity contribution in [1.29, 1.82) is 0 Å². The van der Waals surface area contributed by atoms with Crippen LogP contribution in [0.25, 0.3) is 22.2 Å². The molecule has 0 bridgehead atoms. The van der Waals surface area contributed by atoms with E-state index in [9.17, 15) is 22.8 Å². The van der Waals surface area contributed by atoms with Crippen LogP contribution in [0.1, 0.15) is 39.6 Å². The number of ketones is 1. The number of sulfonamides is 1. The fourth-order valence-corrected chi connectivity index (χ4v) is 6.50. The predicted molar refractivity (Wildman–Crippen MR) is 175 cm³/mol. The van der Waals surface area contributed by atoms with Crippen LogP contribution in [0.2, 0.25) is 15.1 Å². The number of nitrogens with zero attached hydrogens (tertiary/aromatic N) is 2. The van der Waals surface area contributed by atoms with Crippen LogP contribution in [-0.2, 0) is 19.6 Å². The van der Waals surface area contributed by atoms with Gasteiger partial charge in [-0.15, -0.1) is 0 Å². The minimum absolute atomic E-state index is 0.0138. The van der Waals surface area contributed by atoms with Gasteiger partial charge in [0.05, 0.1) is 44.8 Å². The van der Waals surface area contributed by atoms with Crippen LogP contribution in [-0.4, -0.2) is 48.0 Å². The first-order valence-electron chi connectivity index (χ1n) is 13.7. The van der Waals surface area contributed by atoms with Crippen LogP contribution < -0.4 is 4.72 Å². The van der Waals surface area contributed by atoms with Gasteiger partial charge in [-0.1, -0.05) is 53.0 Å². The van der Waals surface area contributed by atoms with E-state index in [0.29, 0.717) is 16.1 Å². The molecule has 0 aliphatic heterocycles. The molecule has 2 heterocycles. The van der Waals surface area contributed by atoms with Crippen molar-refractivity contribution in [3.63, 3.8) is 0 Å². The van der Waals surface area contributed by atoms with E-state index < -0.39 is 56.3 Å². The Labute approximate surface area is 282 Å². The number of benzene rings is 3. The number of hydrogen-bond acceptors (Lipinski definition) is 7. The summed E-state index contributed by atoms with van der Waals surface area (Å²) in [7, 11) is -4.20. The van der Waals surface area contributed by atoms with Gasteiger partial charge >= 0.3 is 5.97 Å². The van der Waals surface area contributed by atoms with Crippen molar-refractivity contribution < 1.29 is 36.3 Å². The number of halogens is 5. The summed E-state index contributed by atoms with van der Waals surface area (Å²) in [6.45, 7) is 0.965. The van der Waals surface area contributed by atoms with Crippen molar-refractivity contribution in [1.82, 2.24) is 9.55 Å². The molecule has 0 radical (unpaired) electrons. The summed E-state index contributed by atoms with van der Waals surface area (Å²) in [4.78, 5) is 43.0. The van der Waals surface area contributed by atoms with Crippen molar-refractivity contribution in [2.24, 2.45) is 0 Å². The Morgan fingerprint density at radius 3 is 2.28 bits per heavy atom. The lowest BCUT2D eigenvalue weighted by Gasteiger charge is -2.12. The summed E-state index contributed by atoms with van der Waals surface area (Å²) in [6, 6.07) is 14.2. The number of anilines is 1. The van der Waals surface area contributed by atoms with Crippen LogP contribution in [0.4, 0.5) is 14.5 Å². The number of fused-ring (bicyclic) bond motifs is 1. The number of rotatable bonds is 10. The van der Waals surface area contributed by atoms with Gasteiger partial charge in [-0.05, 0) is 54.4 Å². The number of pyridine rings is 1. The maximum Gasteiger partial charge on any atom is 0.302 e. The summed E-state index contributed by atoms with van der Waals surface area (Å²) < 4.78 is 63.9. The lowest BCUT2D eigenvalue weighted by Crippen LogP contribution is -2.20. The monoisotopic (exact) mass is 719 g/mol. The maximum atomic E-state index is 15.8. The molecule has 15 heteroatoms. The van der Waals surface area contributed by atoms with Crippen molar-refractivity contribution in [2.45, 2.75) is 13.3 Å². The Morgan fingerprint density at radius 1 is 0.936 bits per heavy atom. The second-order valence-electron chi connectivity index (χ2n) is 10.1. The zero-order valence-electron chi connectivity index (χ0n) is 24.2. The minimum atomic E-state index is -4.20. The molecule has 9 nitrogen and oxygen atoms in total. The Hall–Kier alpha value is -4.36. The lowest BCUT2D eigenvalue weighted by molar-refractivity contribution is -0.140. The zero-order chi connectivity index (χ0) is 34.0. The molecule has 5 rings (SSSR count). The molecule has 5 aromatic rings. The van der Waals surface area contributed by atoms with Crippen LogP contribution in [0.15, 0.2) is 73.1 Å². The first-order valence-corrected chi connectivity index (χ1v) is 16.5. The van der Waals surface area contributed by atoms with Crippen molar-refractivity contribution in [3.05, 3.63) is 116 Å². The van der Waals surface area contributed by atoms with Gasteiger partial charge < -0.3 is 4.74 Å². The fourth-order valence-electron chi connectivity index (χ4n) is 4.72. The Balaban J connectivity index is 1.62. The van der Waals surface area contributed by atoms with E-state index >= 15 is 8.78 Å². The van der Waals surface area contributed by atoms with Crippen molar-refractivity contribution in [3.8, 4) is 11.1 Å². The lowest BCUT2D eigenvalue weighted by atomic mass is 10.00.